The summed E-state index contributed by atoms with van der Waals surface area (Å²) in [7, 11) is 0. The third-order valence-corrected chi connectivity index (χ3v) is 3.36. The third kappa shape index (κ3) is 1.32. The molecular formula is C11H9BrN2O. The zero-order valence-corrected chi connectivity index (χ0v) is 9.57. The SMILES string of the molecule is O=Cc1c(C2CC2)nc2c(Br)cccn12. The maximum absolute atomic E-state index is 11.1. The molecule has 15 heavy (non-hydrogen) atoms. The van der Waals surface area contributed by atoms with Gasteiger partial charge in [0.05, 0.1) is 10.2 Å². The number of nitrogens with zero attached hydrogens (tertiary/aromatic N) is 2. The van der Waals surface area contributed by atoms with Crippen LogP contribution in [0.4, 0.5) is 0 Å². The Hall–Kier alpha value is -1.16. The van der Waals surface area contributed by atoms with Crippen LogP contribution in [0.25, 0.3) is 5.65 Å². The summed E-state index contributed by atoms with van der Waals surface area (Å²) >= 11 is 3.44. The lowest BCUT2D eigenvalue weighted by Crippen LogP contribution is -1.93. The Morgan fingerprint density at radius 1 is 1.53 bits per heavy atom. The summed E-state index contributed by atoms with van der Waals surface area (Å²) < 4.78 is 2.78. The summed E-state index contributed by atoms with van der Waals surface area (Å²) in [6.45, 7) is 0. The van der Waals surface area contributed by atoms with Gasteiger partial charge < -0.3 is 0 Å². The maximum atomic E-state index is 11.1. The summed E-state index contributed by atoms with van der Waals surface area (Å²) in [4.78, 5) is 15.6. The predicted octanol–water partition coefficient (Wildman–Crippen LogP) is 2.79. The van der Waals surface area contributed by atoms with Crippen LogP contribution in [0.5, 0.6) is 0 Å². The minimum absolute atomic E-state index is 0.497. The fraction of sp³-hybridized carbons (Fsp3) is 0.273. The number of carbonyl (C=O) groups is 1. The van der Waals surface area contributed by atoms with Gasteiger partial charge in [0, 0.05) is 12.1 Å². The van der Waals surface area contributed by atoms with E-state index in [1.807, 2.05) is 22.7 Å². The number of hydrogen-bond acceptors (Lipinski definition) is 2. The summed E-state index contributed by atoms with van der Waals surface area (Å²) in [5.74, 6) is 0.497. The highest BCUT2D eigenvalue weighted by atomic mass is 79.9. The average molecular weight is 265 g/mol. The van der Waals surface area contributed by atoms with Gasteiger partial charge in [-0.25, -0.2) is 4.98 Å². The van der Waals surface area contributed by atoms with E-state index in [0.717, 1.165) is 34.9 Å². The van der Waals surface area contributed by atoms with Gasteiger partial charge in [0.1, 0.15) is 5.69 Å². The Labute approximate surface area is 95.3 Å². The van der Waals surface area contributed by atoms with Gasteiger partial charge in [-0.05, 0) is 40.9 Å². The predicted molar refractivity (Wildman–Crippen MR) is 60.3 cm³/mol. The molecule has 2 aromatic rings. The van der Waals surface area contributed by atoms with Gasteiger partial charge in [-0.15, -0.1) is 0 Å². The molecule has 0 radical (unpaired) electrons. The minimum atomic E-state index is 0.497. The molecule has 1 saturated carbocycles. The van der Waals surface area contributed by atoms with Gasteiger partial charge >= 0.3 is 0 Å². The Kier molecular flexibility index (Phi) is 1.92. The number of halogens is 1. The van der Waals surface area contributed by atoms with Crippen LogP contribution >= 0.6 is 15.9 Å². The molecule has 0 aromatic carbocycles. The quantitative estimate of drug-likeness (QED) is 0.782. The lowest BCUT2D eigenvalue weighted by molar-refractivity contribution is 0.111. The van der Waals surface area contributed by atoms with E-state index < -0.39 is 0 Å². The first kappa shape index (κ1) is 9.09. The molecule has 0 atom stereocenters. The second-order valence-electron chi connectivity index (χ2n) is 3.82. The largest absolute Gasteiger partial charge is 0.296 e. The smallest absolute Gasteiger partial charge is 0.168 e. The van der Waals surface area contributed by atoms with E-state index in [1.165, 1.54) is 0 Å². The van der Waals surface area contributed by atoms with Crippen LogP contribution in [0.1, 0.15) is 34.9 Å². The number of rotatable bonds is 2. The van der Waals surface area contributed by atoms with Gasteiger partial charge in [0.25, 0.3) is 0 Å². The Balaban J connectivity index is 2.36. The Morgan fingerprint density at radius 2 is 2.33 bits per heavy atom. The maximum Gasteiger partial charge on any atom is 0.168 e. The molecule has 0 bridgehead atoms. The van der Waals surface area contributed by atoms with E-state index in [9.17, 15) is 4.79 Å². The normalized spacial score (nSPS) is 15.8. The van der Waals surface area contributed by atoms with Gasteiger partial charge in [0.15, 0.2) is 11.9 Å². The first-order chi connectivity index (χ1) is 7.31. The highest BCUT2D eigenvalue weighted by Crippen LogP contribution is 2.41. The van der Waals surface area contributed by atoms with Crippen molar-refractivity contribution in [3.8, 4) is 0 Å². The van der Waals surface area contributed by atoms with Gasteiger partial charge in [0.2, 0.25) is 0 Å². The highest BCUT2D eigenvalue weighted by Gasteiger charge is 2.30. The van der Waals surface area contributed by atoms with Crippen LogP contribution in [0.15, 0.2) is 22.8 Å². The molecule has 3 nitrogen and oxygen atoms in total. The topological polar surface area (TPSA) is 34.4 Å². The molecular weight excluding hydrogens is 256 g/mol. The fourth-order valence-electron chi connectivity index (χ4n) is 1.84. The molecule has 3 rings (SSSR count). The number of imidazole rings is 1. The molecule has 2 heterocycles. The molecule has 1 aliphatic carbocycles. The monoisotopic (exact) mass is 264 g/mol. The number of aromatic nitrogens is 2. The number of carbonyl (C=O) groups excluding carboxylic acids is 1. The van der Waals surface area contributed by atoms with Crippen LogP contribution < -0.4 is 0 Å². The minimum Gasteiger partial charge on any atom is -0.296 e. The van der Waals surface area contributed by atoms with Crippen molar-refractivity contribution in [1.82, 2.24) is 9.38 Å². The van der Waals surface area contributed by atoms with Crippen LogP contribution in [0.3, 0.4) is 0 Å². The van der Waals surface area contributed by atoms with Crippen molar-refractivity contribution in [3.05, 3.63) is 34.2 Å². The number of fused-ring (bicyclic) bond motifs is 1. The van der Waals surface area contributed by atoms with Crippen LogP contribution in [0.2, 0.25) is 0 Å². The second kappa shape index (κ2) is 3.17. The fourth-order valence-corrected chi connectivity index (χ4v) is 2.28. The van der Waals surface area contributed by atoms with Crippen LogP contribution in [-0.4, -0.2) is 15.7 Å². The second-order valence-corrected chi connectivity index (χ2v) is 4.68. The average Bonchev–Trinajstić information content (AvgIpc) is 3.00. The van der Waals surface area contributed by atoms with Crippen molar-refractivity contribution in [1.29, 1.82) is 0 Å². The molecule has 0 N–H and O–H groups in total. The van der Waals surface area contributed by atoms with E-state index in [-0.39, 0.29) is 0 Å². The van der Waals surface area contributed by atoms with Crippen molar-refractivity contribution in [3.63, 3.8) is 0 Å². The summed E-state index contributed by atoms with van der Waals surface area (Å²) in [5.41, 5.74) is 2.49. The van der Waals surface area contributed by atoms with Crippen molar-refractivity contribution >= 4 is 27.9 Å². The molecule has 1 fully saturated rings. The summed E-state index contributed by atoms with van der Waals surface area (Å²) in [6.07, 6.45) is 5.09. The van der Waals surface area contributed by atoms with Crippen molar-refractivity contribution in [2.75, 3.05) is 0 Å². The first-order valence-corrected chi connectivity index (χ1v) is 5.72. The first-order valence-electron chi connectivity index (χ1n) is 4.93. The van der Waals surface area contributed by atoms with Crippen molar-refractivity contribution in [2.24, 2.45) is 0 Å². The summed E-state index contributed by atoms with van der Waals surface area (Å²) in [5, 5.41) is 0. The number of hydrogen-bond donors (Lipinski definition) is 0. The lowest BCUT2D eigenvalue weighted by Gasteiger charge is -1.96. The van der Waals surface area contributed by atoms with Crippen LogP contribution in [0, 0.1) is 0 Å². The molecule has 0 unspecified atom stereocenters. The van der Waals surface area contributed by atoms with Gasteiger partial charge in [-0.1, -0.05) is 0 Å². The Morgan fingerprint density at radius 3 is 3.00 bits per heavy atom. The molecule has 0 amide bonds. The molecule has 0 spiro atoms. The van der Waals surface area contributed by atoms with E-state index in [4.69, 9.17) is 0 Å². The number of aldehydes is 1. The zero-order valence-electron chi connectivity index (χ0n) is 7.98. The zero-order chi connectivity index (χ0) is 10.4. The third-order valence-electron chi connectivity index (χ3n) is 2.74. The van der Waals surface area contributed by atoms with Gasteiger partial charge in [-0.2, -0.15) is 0 Å². The van der Waals surface area contributed by atoms with E-state index >= 15 is 0 Å². The van der Waals surface area contributed by atoms with E-state index in [0.29, 0.717) is 11.6 Å². The molecule has 76 valence electrons. The standard InChI is InChI=1S/C11H9BrN2O/c12-8-2-1-5-14-9(6-15)10(7-3-4-7)13-11(8)14/h1-2,5-7H,3-4H2. The molecule has 0 aliphatic heterocycles. The van der Waals surface area contributed by atoms with Crippen LogP contribution in [-0.2, 0) is 0 Å². The molecule has 0 saturated heterocycles. The van der Waals surface area contributed by atoms with Gasteiger partial charge in [-0.3, -0.25) is 9.20 Å². The Bertz CT molecular complexity index is 543. The molecule has 4 heteroatoms. The summed E-state index contributed by atoms with van der Waals surface area (Å²) in [6, 6.07) is 3.84. The molecule has 2 aromatic heterocycles. The van der Waals surface area contributed by atoms with E-state index in [2.05, 4.69) is 20.9 Å². The number of pyridine rings is 1. The van der Waals surface area contributed by atoms with E-state index in [1.54, 1.807) is 0 Å². The highest BCUT2D eigenvalue weighted by molar-refractivity contribution is 9.10. The lowest BCUT2D eigenvalue weighted by atomic mass is 10.2. The van der Waals surface area contributed by atoms with Crippen molar-refractivity contribution < 1.29 is 4.79 Å². The molecule has 1 aliphatic rings. The van der Waals surface area contributed by atoms with Crippen molar-refractivity contribution in [2.45, 2.75) is 18.8 Å².